The summed E-state index contributed by atoms with van der Waals surface area (Å²) in [6, 6.07) is 2.68. The van der Waals surface area contributed by atoms with Crippen molar-refractivity contribution < 1.29 is 9.94 Å². The molecule has 0 aromatic carbocycles. The fourth-order valence-corrected chi connectivity index (χ4v) is 11.6. The fourth-order valence-electron chi connectivity index (χ4n) is 11.6. The van der Waals surface area contributed by atoms with E-state index in [1.165, 1.54) is 154 Å². The van der Waals surface area contributed by atoms with Crippen molar-refractivity contribution >= 4 is 0 Å². The Labute approximate surface area is 253 Å². The van der Waals surface area contributed by atoms with Crippen LogP contribution in [0.2, 0.25) is 0 Å². The molecule has 0 aromatic rings. The van der Waals surface area contributed by atoms with Crippen LogP contribution in [0.25, 0.3) is 0 Å². The zero-order valence-corrected chi connectivity index (χ0v) is 26.6. The van der Waals surface area contributed by atoms with E-state index in [-0.39, 0.29) is 18.1 Å². The molecule has 6 aliphatic rings. The largest absolute Gasteiger partial charge is 0.393 e. The van der Waals surface area contributed by atoms with Gasteiger partial charge in [-0.25, -0.2) is 5.90 Å². The topological polar surface area (TPSA) is 58.7 Å². The molecule has 7 atom stereocenters. The minimum atomic E-state index is -0.208. The molecule has 0 spiro atoms. The Morgan fingerprint density at radius 2 is 1.12 bits per heavy atom. The first-order valence-electron chi connectivity index (χ1n) is 19.0. The van der Waals surface area contributed by atoms with Crippen LogP contribution in [-0.2, 0) is 4.84 Å². The van der Waals surface area contributed by atoms with Crippen molar-refractivity contribution in [2.45, 2.75) is 197 Å². The molecule has 4 heteroatoms. The number of nitrogens with zero attached hydrogens (tertiary/aromatic N) is 1. The summed E-state index contributed by atoms with van der Waals surface area (Å²) in [7, 11) is 0. The summed E-state index contributed by atoms with van der Waals surface area (Å²) in [6.07, 6.45) is 36.2. The van der Waals surface area contributed by atoms with Crippen LogP contribution in [-0.4, -0.2) is 40.3 Å². The van der Waals surface area contributed by atoms with Crippen LogP contribution in [0.4, 0.5) is 0 Å². The van der Waals surface area contributed by atoms with Crippen molar-refractivity contribution in [3.63, 3.8) is 0 Å². The van der Waals surface area contributed by atoms with Crippen LogP contribution in [0.15, 0.2) is 0 Å². The van der Waals surface area contributed by atoms with Gasteiger partial charge in [0, 0.05) is 24.0 Å². The third-order valence-electron chi connectivity index (χ3n) is 13.8. The molecule has 7 unspecified atom stereocenters. The van der Waals surface area contributed by atoms with Crippen molar-refractivity contribution in [2.24, 2.45) is 41.4 Å². The molecule has 236 valence electrons. The van der Waals surface area contributed by atoms with E-state index in [4.69, 9.17) is 10.7 Å². The van der Waals surface area contributed by atoms with Gasteiger partial charge in [-0.3, -0.25) is 4.90 Å². The maximum atomic E-state index is 11.2. The van der Waals surface area contributed by atoms with Crippen LogP contribution < -0.4 is 5.90 Å². The van der Waals surface area contributed by atoms with Gasteiger partial charge in [-0.2, -0.15) is 0 Å². The lowest BCUT2D eigenvalue weighted by Gasteiger charge is -2.48. The first-order chi connectivity index (χ1) is 20.2. The quantitative estimate of drug-likeness (QED) is 0.272. The number of fused-ring (bicyclic) bond motifs is 1. The van der Waals surface area contributed by atoms with Gasteiger partial charge in [-0.1, -0.05) is 89.9 Å². The van der Waals surface area contributed by atoms with Crippen LogP contribution in [0.1, 0.15) is 167 Å². The standard InChI is InChI=1S/C37H66N2O2/c38-41-37(35-25-29-11-7-8-12-30(29)26-36(35)40)31-13-9-10-28(24-31)19-18-27-20-22-34(23-21-27)39(32-14-3-1-4-15-32)33-16-5-2-6-17-33/h27-37,40H,1-26,38H2. The molecule has 6 rings (SSSR count). The summed E-state index contributed by atoms with van der Waals surface area (Å²) in [6.45, 7) is 0. The van der Waals surface area contributed by atoms with Crippen LogP contribution in [0, 0.1) is 35.5 Å². The van der Waals surface area contributed by atoms with Crippen molar-refractivity contribution in [3.05, 3.63) is 0 Å². The number of hydrogen-bond acceptors (Lipinski definition) is 4. The lowest BCUT2D eigenvalue weighted by Crippen LogP contribution is -2.52. The van der Waals surface area contributed by atoms with Gasteiger partial charge in [0.15, 0.2) is 0 Å². The lowest BCUT2D eigenvalue weighted by atomic mass is 9.62. The molecule has 0 amide bonds. The van der Waals surface area contributed by atoms with Gasteiger partial charge in [0.1, 0.15) is 0 Å². The van der Waals surface area contributed by atoms with Gasteiger partial charge in [-0.15, -0.1) is 0 Å². The predicted octanol–water partition coefficient (Wildman–Crippen LogP) is 8.94. The van der Waals surface area contributed by atoms with Gasteiger partial charge in [-0.05, 0) is 107 Å². The van der Waals surface area contributed by atoms with E-state index in [0.29, 0.717) is 5.92 Å². The van der Waals surface area contributed by atoms with Gasteiger partial charge < -0.3 is 9.94 Å². The zero-order valence-electron chi connectivity index (χ0n) is 26.6. The van der Waals surface area contributed by atoms with Crippen LogP contribution in [0.5, 0.6) is 0 Å². The maximum Gasteiger partial charge on any atom is 0.0868 e. The van der Waals surface area contributed by atoms with E-state index >= 15 is 0 Å². The molecular weight excluding hydrogens is 504 g/mol. The molecule has 0 aromatic heterocycles. The fraction of sp³-hybridized carbons (Fsp3) is 1.00. The molecule has 0 bridgehead atoms. The second-order valence-corrected chi connectivity index (χ2v) is 16.2. The molecule has 0 heterocycles. The predicted molar refractivity (Wildman–Crippen MR) is 169 cm³/mol. The van der Waals surface area contributed by atoms with Crippen molar-refractivity contribution in [3.8, 4) is 0 Å². The highest BCUT2D eigenvalue weighted by atomic mass is 16.6. The summed E-state index contributed by atoms with van der Waals surface area (Å²) >= 11 is 0. The molecular formula is C37H66N2O2. The molecule has 0 radical (unpaired) electrons. The third kappa shape index (κ3) is 7.74. The highest BCUT2D eigenvalue weighted by Crippen LogP contribution is 2.47. The average Bonchev–Trinajstić information content (AvgIpc) is 3.03. The molecule has 6 saturated carbocycles. The number of nitrogens with two attached hydrogens (primary N) is 1. The van der Waals surface area contributed by atoms with Crippen molar-refractivity contribution in [1.82, 2.24) is 4.90 Å². The van der Waals surface area contributed by atoms with E-state index in [2.05, 4.69) is 4.90 Å². The highest BCUT2D eigenvalue weighted by molar-refractivity contribution is 4.95. The Hall–Kier alpha value is -0.160. The zero-order chi connectivity index (χ0) is 28.0. The number of hydrogen-bond donors (Lipinski definition) is 2. The lowest BCUT2D eigenvalue weighted by molar-refractivity contribution is -0.113. The molecule has 4 nitrogen and oxygen atoms in total. The molecule has 6 fully saturated rings. The summed E-state index contributed by atoms with van der Waals surface area (Å²) < 4.78 is 0. The second-order valence-electron chi connectivity index (χ2n) is 16.2. The Bertz CT molecular complexity index is 738. The molecule has 6 aliphatic carbocycles. The third-order valence-corrected chi connectivity index (χ3v) is 13.8. The summed E-state index contributed by atoms with van der Waals surface area (Å²) in [5.74, 6) is 10.2. The Morgan fingerprint density at radius 1 is 0.561 bits per heavy atom. The first kappa shape index (κ1) is 30.8. The van der Waals surface area contributed by atoms with Gasteiger partial charge in [0.25, 0.3) is 0 Å². The molecule has 41 heavy (non-hydrogen) atoms. The molecule has 3 N–H and O–H groups in total. The van der Waals surface area contributed by atoms with Crippen molar-refractivity contribution in [2.75, 3.05) is 0 Å². The minimum absolute atomic E-state index is 0.0664. The van der Waals surface area contributed by atoms with E-state index < -0.39 is 0 Å². The maximum absolute atomic E-state index is 11.2. The number of aliphatic hydroxyl groups excluding tert-OH is 1. The number of aliphatic hydroxyl groups is 1. The molecule has 0 saturated heterocycles. The van der Waals surface area contributed by atoms with Crippen LogP contribution in [0.3, 0.4) is 0 Å². The average molecular weight is 571 g/mol. The van der Waals surface area contributed by atoms with E-state index in [1.807, 2.05) is 0 Å². The van der Waals surface area contributed by atoms with Gasteiger partial charge in [0.05, 0.1) is 12.2 Å². The van der Waals surface area contributed by atoms with E-state index in [0.717, 1.165) is 54.6 Å². The summed E-state index contributed by atoms with van der Waals surface area (Å²) in [5, 5.41) is 11.2. The second kappa shape index (κ2) is 15.2. The SMILES string of the molecule is NOC(C1CCCC(CCC2CCC(N(C3CCCCC3)C3CCCCC3)CC2)C1)C1CC2CCCCC2CC1O. The first-order valence-corrected chi connectivity index (χ1v) is 19.0. The Kier molecular flexibility index (Phi) is 11.5. The Morgan fingerprint density at radius 3 is 1.76 bits per heavy atom. The van der Waals surface area contributed by atoms with Crippen LogP contribution >= 0.6 is 0 Å². The highest BCUT2D eigenvalue weighted by Gasteiger charge is 2.44. The van der Waals surface area contributed by atoms with Gasteiger partial charge >= 0.3 is 0 Å². The normalized spacial score (nSPS) is 40.8. The van der Waals surface area contributed by atoms with E-state index in [1.54, 1.807) is 0 Å². The Balaban J connectivity index is 0.977. The monoisotopic (exact) mass is 571 g/mol. The minimum Gasteiger partial charge on any atom is -0.393 e. The smallest absolute Gasteiger partial charge is 0.0868 e. The van der Waals surface area contributed by atoms with Crippen molar-refractivity contribution in [1.29, 1.82) is 0 Å². The molecule has 0 aliphatic heterocycles. The summed E-state index contributed by atoms with van der Waals surface area (Å²) in [5.41, 5.74) is 0. The summed E-state index contributed by atoms with van der Waals surface area (Å²) in [4.78, 5) is 8.93. The van der Waals surface area contributed by atoms with Gasteiger partial charge in [0.2, 0.25) is 0 Å². The van der Waals surface area contributed by atoms with E-state index in [9.17, 15) is 5.11 Å². The number of rotatable bonds is 9.